The van der Waals surface area contributed by atoms with E-state index in [1.807, 2.05) is 0 Å². The second-order valence-electron chi connectivity index (χ2n) is 4.29. The Morgan fingerprint density at radius 3 is 1.93 bits per heavy atom. The van der Waals surface area contributed by atoms with Crippen LogP contribution in [0.3, 0.4) is 0 Å². The maximum absolute atomic E-state index is 3.54. The van der Waals surface area contributed by atoms with Gasteiger partial charge < -0.3 is 5.32 Å². The zero-order valence-electron chi connectivity index (χ0n) is 10.4. The predicted molar refractivity (Wildman–Crippen MR) is 69.0 cm³/mol. The molecule has 0 heterocycles. The summed E-state index contributed by atoms with van der Waals surface area (Å²) in [5.41, 5.74) is 1.40. The van der Waals surface area contributed by atoms with E-state index in [1.54, 1.807) is 0 Å². The van der Waals surface area contributed by atoms with Crippen molar-refractivity contribution in [3.8, 4) is 0 Å². The molecule has 1 rings (SSSR count). The Hall–Kier alpha value is -1.08. The minimum atomic E-state index is 0.0649. The highest BCUT2D eigenvalue weighted by atomic mass is 15.0. The van der Waals surface area contributed by atoms with E-state index in [2.05, 4.69) is 76.5 Å². The van der Waals surface area contributed by atoms with Crippen LogP contribution in [0.1, 0.15) is 33.3 Å². The van der Waals surface area contributed by atoms with Crippen LogP contribution in [0.2, 0.25) is 0 Å². The summed E-state index contributed by atoms with van der Waals surface area (Å²) in [6, 6.07) is 11.0. The molecule has 0 saturated heterocycles. The van der Waals surface area contributed by atoms with E-state index in [1.165, 1.54) is 5.56 Å². The molecule has 1 aromatic rings. The van der Waals surface area contributed by atoms with Gasteiger partial charge in [0.05, 0.1) is 0 Å². The Balaban J connectivity index is 0.000000921. The van der Waals surface area contributed by atoms with E-state index < -0.39 is 0 Å². The van der Waals surface area contributed by atoms with Crippen LogP contribution in [0, 0.1) is 0 Å². The molecule has 1 aromatic carbocycles. The lowest BCUT2D eigenvalue weighted by Crippen LogP contribution is -2.40. The predicted octanol–water partition coefficient (Wildman–Crippen LogP) is 3.72. The molecule has 0 aliphatic heterocycles. The van der Waals surface area contributed by atoms with Gasteiger partial charge in [0.15, 0.2) is 0 Å². The first-order valence-corrected chi connectivity index (χ1v) is 5.35. The molecule has 0 aliphatic rings. The summed E-state index contributed by atoms with van der Waals surface area (Å²) in [7, 11) is 0. The summed E-state index contributed by atoms with van der Waals surface area (Å²) in [6.07, 6.45) is 0. The molecule has 0 aromatic heterocycles. The van der Waals surface area contributed by atoms with Gasteiger partial charge in [-0.25, -0.2) is 0 Å². The van der Waals surface area contributed by atoms with E-state index >= 15 is 0 Å². The van der Waals surface area contributed by atoms with Crippen LogP contribution in [0.15, 0.2) is 43.5 Å². The van der Waals surface area contributed by atoms with Gasteiger partial charge in [0.1, 0.15) is 0 Å². The smallest absolute Gasteiger partial charge is 0.0379 e. The van der Waals surface area contributed by atoms with Crippen molar-refractivity contribution in [1.29, 1.82) is 0 Å². The van der Waals surface area contributed by atoms with Crippen molar-refractivity contribution in [2.45, 2.75) is 39.3 Å². The topological polar surface area (TPSA) is 12.0 Å². The lowest BCUT2D eigenvalue weighted by atomic mass is 9.94. The number of rotatable bonds is 3. The van der Waals surface area contributed by atoms with Crippen molar-refractivity contribution >= 4 is 0 Å². The minimum Gasteiger partial charge on any atom is -0.306 e. The first kappa shape index (κ1) is 13.9. The van der Waals surface area contributed by atoms with Gasteiger partial charge in [-0.05, 0) is 19.4 Å². The number of hydrogen-bond donors (Lipinski definition) is 1. The standard InChI is InChI=1S/C12H19N.C2H4/c1-10(2)13-12(3,4)11-8-6-5-7-9-11;1-2/h5-10,13H,1-4H3;1-2H2. The fourth-order valence-corrected chi connectivity index (χ4v) is 1.66. The van der Waals surface area contributed by atoms with Gasteiger partial charge in [-0.1, -0.05) is 44.2 Å². The lowest BCUT2D eigenvalue weighted by Gasteiger charge is -2.29. The molecule has 84 valence electrons. The summed E-state index contributed by atoms with van der Waals surface area (Å²) in [4.78, 5) is 0. The monoisotopic (exact) mass is 205 g/mol. The largest absolute Gasteiger partial charge is 0.306 e. The Bertz CT molecular complexity index is 262. The number of benzene rings is 1. The first-order chi connectivity index (χ1) is 7.02. The molecule has 0 aliphatic carbocycles. The molecule has 1 heteroatoms. The third kappa shape index (κ3) is 4.80. The number of hydrogen-bond acceptors (Lipinski definition) is 1. The SMILES string of the molecule is C=C.CC(C)NC(C)(C)c1ccccc1. The quantitative estimate of drug-likeness (QED) is 0.742. The highest BCUT2D eigenvalue weighted by Gasteiger charge is 2.19. The summed E-state index contributed by atoms with van der Waals surface area (Å²) in [5, 5.41) is 3.54. The van der Waals surface area contributed by atoms with E-state index in [4.69, 9.17) is 0 Å². The van der Waals surface area contributed by atoms with E-state index in [0.29, 0.717) is 6.04 Å². The summed E-state index contributed by atoms with van der Waals surface area (Å²) in [6.45, 7) is 14.8. The molecule has 0 radical (unpaired) electrons. The van der Waals surface area contributed by atoms with Gasteiger partial charge in [-0.3, -0.25) is 0 Å². The normalized spacial score (nSPS) is 10.7. The second kappa shape index (κ2) is 6.41. The molecular formula is C14H23N. The maximum atomic E-state index is 3.54. The van der Waals surface area contributed by atoms with Crippen molar-refractivity contribution in [2.75, 3.05) is 0 Å². The average Bonchev–Trinajstić information content (AvgIpc) is 2.20. The van der Waals surface area contributed by atoms with Crippen molar-refractivity contribution in [2.24, 2.45) is 0 Å². The molecule has 0 atom stereocenters. The fraction of sp³-hybridized carbons (Fsp3) is 0.429. The van der Waals surface area contributed by atoms with Gasteiger partial charge in [0.25, 0.3) is 0 Å². The van der Waals surface area contributed by atoms with Crippen LogP contribution >= 0.6 is 0 Å². The van der Waals surface area contributed by atoms with Crippen LogP contribution < -0.4 is 5.32 Å². The third-order valence-corrected chi connectivity index (χ3v) is 2.14. The van der Waals surface area contributed by atoms with Crippen LogP contribution in [-0.2, 0) is 5.54 Å². The summed E-state index contributed by atoms with van der Waals surface area (Å²) < 4.78 is 0. The molecule has 0 spiro atoms. The third-order valence-electron chi connectivity index (χ3n) is 2.14. The average molecular weight is 205 g/mol. The van der Waals surface area contributed by atoms with E-state index in [-0.39, 0.29) is 5.54 Å². The van der Waals surface area contributed by atoms with Crippen LogP contribution in [-0.4, -0.2) is 6.04 Å². The van der Waals surface area contributed by atoms with Gasteiger partial charge in [0.2, 0.25) is 0 Å². The Labute approximate surface area is 94.2 Å². The van der Waals surface area contributed by atoms with E-state index in [9.17, 15) is 0 Å². The van der Waals surface area contributed by atoms with Crippen LogP contribution in [0.25, 0.3) is 0 Å². The number of nitrogens with one attached hydrogen (secondary N) is 1. The molecule has 0 fully saturated rings. The molecule has 0 bridgehead atoms. The Morgan fingerprint density at radius 1 is 1.07 bits per heavy atom. The summed E-state index contributed by atoms with van der Waals surface area (Å²) >= 11 is 0. The molecule has 1 nitrogen and oxygen atoms in total. The van der Waals surface area contributed by atoms with Crippen molar-refractivity contribution in [1.82, 2.24) is 5.32 Å². The van der Waals surface area contributed by atoms with E-state index in [0.717, 1.165) is 0 Å². The fourth-order valence-electron chi connectivity index (χ4n) is 1.66. The Morgan fingerprint density at radius 2 is 1.53 bits per heavy atom. The van der Waals surface area contributed by atoms with Crippen LogP contribution in [0.4, 0.5) is 0 Å². The van der Waals surface area contributed by atoms with Crippen molar-refractivity contribution in [3.05, 3.63) is 49.1 Å². The van der Waals surface area contributed by atoms with Crippen LogP contribution in [0.5, 0.6) is 0 Å². The van der Waals surface area contributed by atoms with Gasteiger partial charge in [-0.15, -0.1) is 13.2 Å². The molecule has 0 amide bonds. The Kier molecular flexibility index (Phi) is 5.95. The minimum absolute atomic E-state index is 0.0649. The molecule has 0 unspecified atom stereocenters. The van der Waals surface area contributed by atoms with Gasteiger partial charge in [0, 0.05) is 11.6 Å². The molecule has 15 heavy (non-hydrogen) atoms. The van der Waals surface area contributed by atoms with Gasteiger partial charge in [-0.2, -0.15) is 0 Å². The highest BCUT2D eigenvalue weighted by Crippen LogP contribution is 2.19. The second-order valence-corrected chi connectivity index (χ2v) is 4.29. The summed E-state index contributed by atoms with van der Waals surface area (Å²) in [5.74, 6) is 0. The zero-order valence-corrected chi connectivity index (χ0v) is 10.4. The molecule has 1 N–H and O–H groups in total. The van der Waals surface area contributed by atoms with Crippen molar-refractivity contribution in [3.63, 3.8) is 0 Å². The molecular weight excluding hydrogens is 182 g/mol. The highest BCUT2D eigenvalue weighted by molar-refractivity contribution is 5.22. The zero-order chi connectivity index (χ0) is 11.9. The molecule has 0 saturated carbocycles. The maximum Gasteiger partial charge on any atom is 0.0379 e. The van der Waals surface area contributed by atoms with Crippen molar-refractivity contribution < 1.29 is 0 Å². The lowest BCUT2D eigenvalue weighted by molar-refractivity contribution is 0.366. The van der Waals surface area contributed by atoms with Gasteiger partial charge >= 0.3 is 0 Å². The first-order valence-electron chi connectivity index (χ1n) is 5.35.